The van der Waals surface area contributed by atoms with Gasteiger partial charge in [0.05, 0.1) is 17.7 Å². The minimum Gasteiger partial charge on any atom is -0.489 e. The maximum Gasteiger partial charge on any atom is 0.313 e. The van der Waals surface area contributed by atoms with Gasteiger partial charge in [-0.05, 0) is 24.0 Å². The first kappa shape index (κ1) is 18.9. The summed E-state index contributed by atoms with van der Waals surface area (Å²) in [4.78, 5) is 21.7. The molecule has 23 heavy (non-hydrogen) atoms. The molecule has 0 saturated carbocycles. The molecule has 0 aliphatic heterocycles. The molecular formula is C14H20N2O6S. The third kappa shape index (κ3) is 4.92. The molecule has 0 aliphatic carbocycles. The average Bonchev–Trinajstić information content (AvgIpc) is 2.34. The van der Waals surface area contributed by atoms with Crippen molar-refractivity contribution in [2.45, 2.75) is 33.1 Å². The first-order valence-corrected chi connectivity index (χ1v) is 8.39. The summed E-state index contributed by atoms with van der Waals surface area (Å²) in [6.07, 6.45) is 0. The molecule has 0 radical (unpaired) electrons. The first-order valence-electron chi connectivity index (χ1n) is 6.74. The molecule has 0 unspecified atom stereocenters. The molecule has 1 aromatic carbocycles. The van der Waals surface area contributed by atoms with E-state index in [0.717, 1.165) is 6.92 Å². The third-order valence-electron chi connectivity index (χ3n) is 2.99. The topological polar surface area (TPSA) is 116 Å². The van der Waals surface area contributed by atoms with Gasteiger partial charge in [0, 0.05) is 6.07 Å². The molecule has 9 heteroatoms. The minimum absolute atomic E-state index is 0.0622. The number of nitrogens with one attached hydrogen (secondary N) is 1. The zero-order valence-electron chi connectivity index (χ0n) is 13.7. The molecular weight excluding hydrogens is 324 g/mol. The van der Waals surface area contributed by atoms with Gasteiger partial charge in [-0.15, -0.1) is 0 Å². The van der Waals surface area contributed by atoms with Gasteiger partial charge in [-0.1, -0.05) is 20.8 Å². The van der Waals surface area contributed by atoms with Crippen molar-refractivity contribution in [3.05, 3.63) is 27.8 Å². The Balaban J connectivity index is 3.53. The fourth-order valence-corrected chi connectivity index (χ4v) is 3.04. The SMILES string of the molecule is COc1c(NS(=O)(=O)CC(C)=O)cc(C(C)(C)C)cc1[N+](=O)[O-]. The van der Waals surface area contributed by atoms with Crippen LogP contribution in [-0.2, 0) is 20.2 Å². The van der Waals surface area contributed by atoms with E-state index in [1.807, 2.05) is 20.8 Å². The number of benzene rings is 1. The Labute approximate surface area is 135 Å². The molecule has 1 aromatic rings. The van der Waals surface area contributed by atoms with Crippen LogP contribution in [0.25, 0.3) is 0 Å². The smallest absolute Gasteiger partial charge is 0.313 e. The normalized spacial score (nSPS) is 11.9. The minimum atomic E-state index is -3.97. The molecule has 0 fully saturated rings. The highest BCUT2D eigenvalue weighted by Crippen LogP contribution is 2.40. The van der Waals surface area contributed by atoms with Gasteiger partial charge in [0.15, 0.2) is 0 Å². The molecule has 0 atom stereocenters. The molecule has 0 aliphatic rings. The van der Waals surface area contributed by atoms with Crippen LogP contribution < -0.4 is 9.46 Å². The number of hydrogen-bond donors (Lipinski definition) is 1. The second-order valence-electron chi connectivity index (χ2n) is 6.15. The fraction of sp³-hybridized carbons (Fsp3) is 0.500. The van der Waals surface area contributed by atoms with Crippen LogP contribution in [0, 0.1) is 10.1 Å². The van der Waals surface area contributed by atoms with E-state index in [0.29, 0.717) is 5.56 Å². The molecule has 8 nitrogen and oxygen atoms in total. The molecule has 0 aromatic heterocycles. The van der Waals surface area contributed by atoms with E-state index < -0.39 is 31.9 Å². The van der Waals surface area contributed by atoms with Crippen LogP contribution >= 0.6 is 0 Å². The van der Waals surface area contributed by atoms with Crippen LogP contribution in [0.4, 0.5) is 11.4 Å². The Morgan fingerprint density at radius 2 is 1.91 bits per heavy atom. The van der Waals surface area contributed by atoms with Crippen molar-refractivity contribution >= 4 is 27.2 Å². The zero-order valence-corrected chi connectivity index (χ0v) is 14.5. The predicted octanol–water partition coefficient (Wildman–Crippen LogP) is 2.23. The van der Waals surface area contributed by atoms with Gasteiger partial charge in [0.25, 0.3) is 0 Å². The van der Waals surface area contributed by atoms with Crippen molar-refractivity contribution < 1.29 is 22.9 Å². The van der Waals surface area contributed by atoms with Gasteiger partial charge in [0.1, 0.15) is 11.5 Å². The van der Waals surface area contributed by atoms with Crippen molar-refractivity contribution in [2.75, 3.05) is 17.6 Å². The summed E-state index contributed by atoms with van der Waals surface area (Å²) in [7, 11) is -2.76. The molecule has 0 heterocycles. The van der Waals surface area contributed by atoms with E-state index in [9.17, 15) is 23.3 Å². The largest absolute Gasteiger partial charge is 0.489 e. The van der Waals surface area contributed by atoms with E-state index in [1.54, 1.807) is 0 Å². The molecule has 1 N–H and O–H groups in total. The summed E-state index contributed by atoms with van der Waals surface area (Å²) in [5.74, 6) is -1.46. The summed E-state index contributed by atoms with van der Waals surface area (Å²) < 4.78 is 31.1. The number of ether oxygens (including phenoxy) is 1. The summed E-state index contributed by atoms with van der Waals surface area (Å²) in [6.45, 7) is 6.66. The predicted molar refractivity (Wildman–Crippen MR) is 86.4 cm³/mol. The highest BCUT2D eigenvalue weighted by molar-refractivity contribution is 7.93. The summed E-state index contributed by atoms with van der Waals surface area (Å²) in [5.41, 5.74) is -0.295. The van der Waals surface area contributed by atoms with Crippen molar-refractivity contribution in [1.29, 1.82) is 0 Å². The van der Waals surface area contributed by atoms with Crippen LogP contribution in [0.1, 0.15) is 33.3 Å². The number of carbonyl (C=O) groups is 1. The summed E-state index contributed by atoms with van der Waals surface area (Å²) in [5, 5.41) is 11.2. The van der Waals surface area contributed by atoms with Crippen molar-refractivity contribution in [2.24, 2.45) is 0 Å². The number of anilines is 1. The van der Waals surface area contributed by atoms with Crippen LogP contribution in [0.15, 0.2) is 12.1 Å². The number of nitro groups is 1. The number of Topliss-reactive ketones (excluding diaryl/α,β-unsaturated/α-hetero) is 1. The number of hydrogen-bond acceptors (Lipinski definition) is 6. The van der Waals surface area contributed by atoms with Crippen molar-refractivity contribution in [3.63, 3.8) is 0 Å². The van der Waals surface area contributed by atoms with Gasteiger partial charge < -0.3 is 4.74 Å². The van der Waals surface area contributed by atoms with Crippen LogP contribution in [0.3, 0.4) is 0 Å². The lowest BCUT2D eigenvalue weighted by molar-refractivity contribution is -0.385. The lowest BCUT2D eigenvalue weighted by atomic mass is 9.86. The number of nitro benzene ring substituents is 1. The van der Waals surface area contributed by atoms with E-state index >= 15 is 0 Å². The van der Waals surface area contributed by atoms with Gasteiger partial charge in [-0.3, -0.25) is 19.6 Å². The maximum absolute atomic E-state index is 12.0. The van der Waals surface area contributed by atoms with Crippen LogP contribution in [0.2, 0.25) is 0 Å². The third-order valence-corrected chi connectivity index (χ3v) is 4.31. The van der Waals surface area contributed by atoms with E-state index in [2.05, 4.69) is 4.72 Å². The molecule has 1 rings (SSSR count). The van der Waals surface area contributed by atoms with Gasteiger partial charge in [-0.25, -0.2) is 8.42 Å². The zero-order chi connectivity index (χ0) is 18.0. The molecule has 0 spiro atoms. The van der Waals surface area contributed by atoms with E-state index in [-0.39, 0.29) is 17.1 Å². The maximum atomic E-state index is 12.0. The van der Waals surface area contributed by atoms with Gasteiger partial charge in [-0.2, -0.15) is 0 Å². The average molecular weight is 344 g/mol. The Kier molecular flexibility index (Phi) is 5.36. The van der Waals surface area contributed by atoms with Crippen LogP contribution in [0.5, 0.6) is 5.75 Å². The Hall–Kier alpha value is -2.16. The first-order chi connectivity index (χ1) is 10.4. The molecule has 0 saturated heterocycles. The van der Waals surface area contributed by atoms with Crippen molar-refractivity contribution in [1.82, 2.24) is 0 Å². The second-order valence-corrected chi connectivity index (χ2v) is 7.87. The molecule has 0 amide bonds. The number of nitrogens with zero attached hydrogens (tertiary/aromatic N) is 1. The quantitative estimate of drug-likeness (QED) is 0.625. The van der Waals surface area contributed by atoms with Crippen LogP contribution in [-0.4, -0.2) is 32.0 Å². The monoisotopic (exact) mass is 344 g/mol. The summed E-state index contributed by atoms with van der Waals surface area (Å²) in [6, 6.07) is 2.82. The van der Waals surface area contributed by atoms with Gasteiger partial charge >= 0.3 is 5.69 Å². The number of carbonyl (C=O) groups excluding carboxylic acids is 1. The van der Waals surface area contributed by atoms with E-state index in [1.165, 1.54) is 19.2 Å². The Bertz CT molecular complexity index is 734. The highest BCUT2D eigenvalue weighted by Gasteiger charge is 2.27. The number of ketones is 1. The Morgan fingerprint density at radius 1 is 1.35 bits per heavy atom. The lowest BCUT2D eigenvalue weighted by Crippen LogP contribution is -2.22. The standard InChI is InChI=1S/C14H20N2O6S/c1-9(17)8-23(20,21)15-11-6-10(14(2,3)4)7-12(16(18)19)13(11)22-5/h6-7,15H,8H2,1-5H3. The van der Waals surface area contributed by atoms with Crippen molar-refractivity contribution in [3.8, 4) is 5.75 Å². The lowest BCUT2D eigenvalue weighted by Gasteiger charge is -2.21. The second kappa shape index (κ2) is 6.53. The fourth-order valence-electron chi connectivity index (χ4n) is 1.94. The van der Waals surface area contributed by atoms with E-state index in [4.69, 9.17) is 4.74 Å². The summed E-state index contributed by atoms with van der Waals surface area (Å²) >= 11 is 0. The molecule has 0 bridgehead atoms. The Morgan fingerprint density at radius 3 is 2.30 bits per heavy atom. The highest BCUT2D eigenvalue weighted by atomic mass is 32.2. The van der Waals surface area contributed by atoms with Gasteiger partial charge in [0.2, 0.25) is 15.8 Å². The number of methoxy groups -OCH3 is 1. The molecule has 128 valence electrons. The number of sulfonamides is 1. The number of rotatable bonds is 6.